The van der Waals surface area contributed by atoms with Crippen LogP contribution in [0.3, 0.4) is 0 Å². The van der Waals surface area contributed by atoms with Gasteiger partial charge in [-0.3, -0.25) is 10.1 Å². The first-order valence-electron chi connectivity index (χ1n) is 6.95. The molecule has 4 nitrogen and oxygen atoms in total. The maximum Gasteiger partial charge on any atom is 0.238 e. The van der Waals surface area contributed by atoms with E-state index in [1.807, 2.05) is 0 Å². The van der Waals surface area contributed by atoms with Crippen molar-refractivity contribution in [3.8, 4) is 0 Å². The molecule has 102 valence electrons. The number of nitrogens with zero attached hydrogens (tertiary/aromatic N) is 2. The van der Waals surface area contributed by atoms with E-state index >= 15 is 0 Å². The summed E-state index contributed by atoms with van der Waals surface area (Å²) >= 11 is 0. The van der Waals surface area contributed by atoms with Crippen LogP contribution in [0.1, 0.15) is 23.7 Å². The molecule has 0 saturated carbocycles. The number of benzene rings is 1. The van der Waals surface area contributed by atoms with Crippen LogP contribution in [0.25, 0.3) is 0 Å². The van der Waals surface area contributed by atoms with Crippen LogP contribution >= 0.6 is 0 Å². The lowest BCUT2D eigenvalue weighted by Crippen LogP contribution is -2.41. The standard InChI is InChI=1S/C15H21N3O/c1-11-4-3-5-12(8-11)15-16-9-14(19)18(15)13-6-7-17(2)10-13/h3-5,8,13,15-16H,6-7,9-10H2,1-2H3. The summed E-state index contributed by atoms with van der Waals surface area (Å²) in [6.07, 6.45) is 1.12. The Balaban J connectivity index is 1.86. The van der Waals surface area contributed by atoms with Crippen molar-refractivity contribution in [3.63, 3.8) is 0 Å². The van der Waals surface area contributed by atoms with Crippen LogP contribution in [-0.2, 0) is 4.79 Å². The zero-order valence-corrected chi connectivity index (χ0v) is 11.6. The summed E-state index contributed by atoms with van der Waals surface area (Å²) in [5.74, 6) is 0.229. The van der Waals surface area contributed by atoms with Gasteiger partial charge in [0.05, 0.1) is 6.54 Å². The minimum absolute atomic E-state index is 0.0453. The van der Waals surface area contributed by atoms with Crippen molar-refractivity contribution in [2.24, 2.45) is 0 Å². The second kappa shape index (κ2) is 4.94. The predicted octanol–water partition coefficient (Wildman–Crippen LogP) is 1.13. The summed E-state index contributed by atoms with van der Waals surface area (Å²) in [6, 6.07) is 8.77. The summed E-state index contributed by atoms with van der Waals surface area (Å²) in [5.41, 5.74) is 2.43. The zero-order chi connectivity index (χ0) is 13.4. The van der Waals surface area contributed by atoms with E-state index in [1.165, 1.54) is 11.1 Å². The minimum atomic E-state index is 0.0453. The molecule has 1 aromatic rings. The number of amides is 1. The quantitative estimate of drug-likeness (QED) is 0.865. The van der Waals surface area contributed by atoms with E-state index in [-0.39, 0.29) is 12.1 Å². The monoisotopic (exact) mass is 259 g/mol. The molecule has 2 atom stereocenters. The number of hydrogen-bond donors (Lipinski definition) is 1. The van der Waals surface area contributed by atoms with Gasteiger partial charge in [0.2, 0.25) is 5.91 Å². The lowest BCUT2D eigenvalue weighted by molar-refractivity contribution is -0.130. The molecule has 0 radical (unpaired) electrons. The lowest BCUT2D eigenvalue weighted by Gasteiger charge is -2.30. The molecule has 0 bridgehead atoms. The molecule has 0 aliphatic carbocycles. The number of nitrogens with one attached hydrogen (secondary N) is 1. The summed E-state index contributed by atoms with van der Waals surface area (Å²) in [7, 11) is 2.12. The van der Waals surface area contributed by atoms with E-state index in [1.54, 1.807) is 0 Å². The van der Waals surface area contributed by atoms with Crippen molar-refractivity contribution in [1.82, 2.24) is 15.1 Å². The highest BCUT2D eigenvalue weighted by atomic mass is 16.2. The van der Waals surface area contributed by atoms with Gasteiger partial charge in [-0.2, -0.15) is 0 Å². The number of likely N-dealkylation sites (tertiary alicyclic amines) is 1. The summed E-state index contributed by atoms with van der Waals surface area (Å²) < 4.78 is 0. The highest BCUT2D eigenvalue weighted by molar-refractivity contribution is 5.81. The molecule has 1 aromatic carbocycles. The van der Waals surface area contributed by atoms with Crippen molar-refractivity contribution >= 4 is 5.91 Å². The smallest absolute Gasteiger partial charge is 0.238 e. The molecule has 0 aromatic heterocycles. The van der Waals surface area contributed by atoms with E-state index in [2.05, 4.69) is 53.4 Å². The van der Waals surface area contributed by atoms with E-state index < -0.39 is 0 Å². The molecule has 19 heavy (non-hydrogen) atoms. The largest absolute Gasteiger partial charge is 0.317 e. The molecule has 4 heteroatoms. The van der Waals surface area contributed by atoms with Gasteiger partial charge in [-0.1, -0.05) is 29.8 Å². The SMILES string of the molecule is Cc1cccc(C2NCC(=O)N2C2CCN(C)C2)c1. The average molecular weight is 259 g/mol. The third kappa shape index (κ3) is 2.38. The fourth-order valence-electron chi connectivity index (χ4n) is 3.19. The van der Waals surface area contributed by atoms with Gasteiger partial charge in [0.1, 0.15) is 6.17 Å². The first-order valence-corrected chi connectivity index (χ1v) is 6.95. The fraction of sp³-hybridized carbons (Fsp3) is 0.533. The molecule has 2 saturated heterocycles. The number of hydrogen-bond acceptors (Lipinski definition) is 3. The van der Waals surface area contributed by atoms with Crippen LogP contribution in [0.15, 0.2) is 24.3 Å². The molecule has 0 spiro atoms. The third-order valence-corrected chi connectivity index (χ3v) is 4.13. The maximum absolute atomic E-state index is 12.2. The first kappa shape index (κ1) is 12.6. The Morgan fingerprint density at radius 2 is 2.21 bits per heavy atom. The molecular weight excluding hydrogens is 238 g/mol. The number of carbonyl (C=O) groups is 1. The Bertz CT molecular complexity index is 488. The van der Waals surface area contributed by atoms with Crippen LogP contribution in [-0.4, -0.2) is 48.4 Å². The van der Waals surface area contributed by atoms with Gasteiger partial charge in [-0.15, -0.1) is 0 Å². The normalized spacial score (nSPS) is 28.3. The fourth-order valence-corrected chi connectivity index (χ4v) is 3.19. The van der Waals surface area contributed by atoms with Gasteiger partial charge >= 0.3 is 0 Å². The van der Waals surface area contributed by atoms with Crippen LogP contribution in [0, 0.1) is 6.92 Å². The molecule has 2 unspecified atom stereocenters. The molecule has 2 aliphatic rings. The van der Waals surface area contributed by atoms with Gasteiger partial charge in [-0.25, -0.2) is 0 Å². The molecular formula is C15H21N3O. The Morgan fingerprint density at radius 1 is 1.37 bits per heavy atom. The number of aryl methyl sites for hydroxylation is 1. The summed E-state index contributed by atoms with van der Waals surface area (Å²) in [5, 5.41) is 3.35. The van der Waals surface area contributed by atoms with Crippen LogP contribution in [0.5, 0.6) is 0 Å². The highest BCUT2D eigenvalue weighted by Gasteiger charge is 2.38. The topological polar surface area (TPSA) is 35.6 Å². The van der Waals surface area contributed by atoms with E-state index in [0.29, 0.717) is 12.6 Å². The third-order valence-electron chi connectivity index (χ3n) is 4.13. The number of likely N-dealkylation sites (N-methyl/N-ethyl adjacent to an activating group) is 1. The van der Waals surface area contributed by atoms with Crippen LogP contribution in [0.2, 0.25) is 0 Å². The predicted molar refractivity (Wildman–Crippen MR) is 74.7 cm³/mol. The van der Waals surface area contributed by atoms with Gasteiger partial charge in [-0.05, 0) is 32.5 Å². The minimum Gasteiger partial charge on any atom is -0.317 e. The van der Waals surface area contributed by atoms with E-state index in [4.69, 9.17) is 0 Å². The molecule has 1 amide bonds. The second-order valence-electron chi connectivity index (χ2n) is 5.70. The van der Waals surface area contributed by atoms with Crippen molar-refractivity contribution in [1.29, 1.82) is 0 Å². The van der Waals surface area contributed by atoms with Gasteiger partial charge in [0.25, 0.3) is 0 Å². The summed E-state index contributed by atoms with van der Waals surface area (Å²) in [6.45, 7) is 4.61. The summed E-state index contributed by atoms with van der Waals surface area (Å²) in [4.78, 5) is 16.5. The number of carbonyl (C=O) groups excluding carboxylic acids is 1. The first-order chi connectivity index (χ1) is 9.15. The highest BCUT2D eigenvalue weighted by Crippen LogP contribution is 2.28. The van der Waals surface area contributed by atoms with E-state index in [0.717, 1.165) is 19.5 Å². The Morgan fingerprint density at radius 3 is 2.89 bits per heavy atom. The van der Waals surface area contributed by atoms with Gasteiger partial charge < -0.3 is 9.80 Å². The van der Waals surface area contributed by atoms with Gasteiger partial charge in [0, 0.05) is 12.6 Å². The Labute approximate surface area is 114 Å². The van der Waals surface area contributed by atoms with Gasteiger partial charge in [0.15, 0.2) is 0 Å². The van der Waals surface area contributed by atoms with Crippen LogP contribution < -0.4 is 5.32 Å². The van der Waals surface area contributed by atoms with E-state index in [9.17, 15) is 4.79 Å². The zero-order valence-electron chi connectivity index (χ0n) is 11.6. The Kier molecular flexibility index (Phi) is 3.29. The lowest BCUT2D eigenvalue weighted by atomic mass is 10.1. The Hall–Kier alpha value is -1.39. The van der Waals surface area contributed by atoms with Crippen molar-refractivity contribution < 1.29 is 4.79 Å². The average Bonchev–Trinajstić information content (AvgIpc) is 2.95. The van der Waals surface area contributed by atoms with Crippen molar-refractivity contribution in [3.05, 3.63) is 35.4 Å². The second-order valence-corrected chi connectivity index (χ2v) is 5.70. The molecule has 1 N–H and O–H groups in total. The molecule has 2 aliphatic heterocycles. The molecule has 2 fully saturated rings. The maximum atomic E-state index is 12.2. The number of rotatable bonds is 2. The van der Waals surface area contributed by atoms with Crippen molar-refractivity contribution in [2.75, 3.05) is 26.7 Å². The molecule has 2 heterocycles. The molecule has 3 rings (SSSR count). The van der Waals surface area contributed by atoms with Crippen molar-refractivity contribution in [2.45, 2.75) is 25.6 Å². The van der Waals surface area contributed by atoms with Crippen LogP contribution in [0.4, 0.5) is 0 Å².